The fourth-order valence-electron chi connectivity index (χ4n) is 3.76. The van der Waals surface area contributed by atoms with E-state index in [0.29, 0.717) is 28.0 Å². The third-order valence-electron chi connectivity index (χ3n) is 4.80. The van der Waals surface area contributed by atoms with Gasteiger partial charge in [0, 0.05) is 17.8 Å². The van der Waals surface area contributed by atoms with Gasteiger partial charge in [-0.3, -0.25) is 0 Å². The van der Waals surface area contributed by atoms with Gasteiger partial charge < -0.3 is 15.7 Å². The number of piperidine rings is 1. The van der Waals surface area contributed by atoms with Crippen molar-refractivity contribution in [1.29, 1.82) is 0 Å². The van der Waals surface area contributed by atoms with Crippen LogP contribution in [-0.2, 0) is 0 Å². The smallest absolute Gasteiger partial charge is 0.152 e. The molecule has 0 spiro atoms. The number of benzene rings is 1. The predicted molar refractivity (Wildman–Crippen MR) is 88.5 cm³/mol. The molecule has 21 heavy (non-hydrogen) atoms. The third kappa shape index (κ3) is 3.41. The molecule has 116 valence electrons. The standard InChI is InChI=1S/C16H22Cl2N2O/c17-12-8-10(9-13(18)16(12)21)20-15-6-3-4-11(15)14-5-1-2-7-19-14/h8-9,11,14-15,19-21H,1-7H2. The van der Waals surface area contributed by atoms with Crippen molar-refractivity contribution in [2.75, 3.05) is 11.9 Å². The van der Waals surface area contributed by atoms with Crippen LogP contribution in [0.15, 0.2) is 12.1 Å². The highest BCUT2D eigenvalue weighted by Crippen LogP contribution is 2.38. The summed E-state index contributed by atoms with van der Waals surface area (Å²) in [6, 6.07) is 4.60. The zero-order chi connectivity index (χ0) is 14.8. The number of nitrogens with one attached hydrogen (secondary N) is 2. The Balaban J connectivity index is 1.71. The number of hydrogen-bond donors (Lipinski definition) is 3. The van der Waals surface area contributed by atoms with Crippen molar-refractivity contribution in [2.24, 2.45) is 5.92 Å². The molecule has 3 rings (SSSR count). The summed E-state index contributed by atoms with van der Waals surface area (Å²) in [7, 11) is 0. The predicted octanol–water partition coefficient (Wildman–Crippen LogP) is 4.42. The molecule has 0 amide bonds. The summed E-state index contributed by atoms with van der Waals surface area (Å²) < 4.78 is 0. The molecule has 1 aromatic carbocycles. The first-order chi connectivity index (χ1) is 10.1. The van der Waals surface area contributed by atoms with Gasteiger partial charge in [-0.05, 0) is 50.3 Å². The fourth-order valence-corrected chi connectivity index (χ4v) is 4.24. The minimum atomic E-state index is -0.0409. The zero-order valence-electron chi connectivity index (χ0n) is 12.0. The Morgan fingerprint density at radius 1 is 1.05 bits per heavy atom. The summed E-state index contributed by atoms with van der Waals surface area (Å²) in [6.07, 6.45) is 7.62. The lowest BCUT2D eigenvalue weighted by molar-refractivity contribution is 0.286. The van der Waals surface area contributed by atoms with E-state index >= 15 is 0 Å². The van der Waals surface area contributed by atoms with Crippen molar-refractivity contribution in [3.8, 4) is 5.75 Å². The van der Waals surface area contributed by atoms with Gasteiger partial charge in [-0.2, -0.15) is 0 Å². The highest BCUT2D eigenvalue weighted by molar-refractivity contribution is 6.37. The van der Waals surface area contributed by atoms with Crippen LogP contribution in [0.25, 0.3) is 0 Å². The Morgan fingerprint density at radius 3 is 2.48 bits per heavy atom. The van der Waals surface area contributed by atoms with Crippen LogP contribution in [0.4, 0.5) is 5.69 Å². The second-order valence-corrected chi connectivity index (χ2v) is 7.00. The minimum absolute atomic E-state index is 0.0409. The average Bonchev–Trinajstić information content (AvgIpc) is 2.94. The Bertz CT molecular complexity index is 480. The Labute approximate surface area is 136 Å². The summed E-state index contributed by atoms with van der Waals surface area (Å²) in [5.41, 5.74) is 0.899. The molecule has 1 aliphatic carbocycles. The number of aromatic hydroxyl groups is 1. The van der Waals surface area contributed by atoms with Crippen LogP contribution in [0.2, 0.25) is 10.0 Å². The molecule has 0 radical (unpaired) electrons. The molecule has 0 bridgehead atoms. The van der Waals surface area contributed by atoms with Gasteiger partial charge in [-0.25, -0.2) is 0 Å². The normalized spacial score (nSPS) is 29.5. The number of rotatable bonds is 3. The van der Waals surface area contributed by atoms with Gasteiger partial charge in [0.2, 0.25) is 0 Å². The minimum Gasteiger partial charge on any atom is -0.505 e. The van der Waals surface area contributed by atoms with Crippen molar-refractivity contribution < 1.29 is 5.11 Å². The first-order valence-corrected chi connectivity index (χ1v) is 8.58. The molecule has 3 unspecified atom stereocenters. The molecule has 3 atom stereocenters. The summed E-state index contributed by atoms with van der Waals surface area (Å²) in [5, 5.41) is 17.5. The number of anilines is 1. The van der Waals surface area contributed by atoms with E-state index in [1.54, 1.807) is 12.1 Å². The lowest BCUT2D eigenvalue weighted by Gasteiger charge is -2.33. The molecule has 1 saturated heterocycles. The summed E-state index contributed by atoms with van der Waals surface area (Å²) in [4.78, 5) is 0. The highest BCUT2D eigenvalue weighted by atomic mass is 35.5. The molecule has 2 fully saturated rings. The first-order valence-electron chi connectivity index (χ1n) is 7.83. The molecule has 5 heteroatoms. The number of hydrogen-bond acceptors (Lipinski definition) is 3. The zero-order valence-corrected chi connectivity index (χ0v) is 13.6. The molecule has 3 N–H and O–H groups in total. The van der Waals surface area contributed by atoms with Crippen LogP contribution >= 0.6 is 23.2 Å². The van der Waals surface area contributed by atoms with E-state index in [0.717, 1.165) is 12.2 Å². The van der Waals surface area contributed by atoms with Crippen molar-refractivity contribution in [2.45, 2.75) is 50.6 Å². The fraction of sp³-hybridized carbons (Fsp3) is 0.625. The van der Waals surface area contributed by atoms with Gasteiger partial charge in [0.25, 0.3) is 0 Å². The van der Waals surface area contributed by atoms with Gasteiger partial charge in [-0.1, -0.05) is 36.0 Å². The lowest BCUT2D eigenvalue weighted by Crippen LogP contribution is -2.44. The SMILES string of the molecule is Oc1c(Cl)cc(NC2CCCC2C2CCCCN2)cc1Cl. The Hall–Kier alpha value is -0.640. The molecular weight excluding hydrogens is 307 g/mol. The van der Waals surface area contributed by atoms with E-state index in [9.17, 15) is 5.11 Å². The van der Waals surface area contributed by atoms with Crippen LogP contribution in [0.1, 0.15) is 38.5 Å². The summed E-state index contributed by atoms with van der Waals surface area (Å²) >= 11 is 12.0. The van der Waals surface area contributed by atoms with E-state index in [4.69, 9.17) is 23.2 Å². The van der Waals surface area contributed by atoms with E-state index in [-0.39, 0.29) is 5.75 Å². The van der Waals surface area contributed by atoms with Gasteiger partial charge in [0.05, 0.1) is 10.0 Å². The Morgan fingerprint density at radius 2 is 1.81 bits per heavy atom. The first kappa shape index (κ1) is 15.3. The average molecular weight is 329 g/mol. The van der Waals surface area contributed by atoms with E-state index in [1.807, 2.05) is 0 Å². The van der Waals surface area contributed by atoms with Crippen LogP contribution in [0.3, 0.4) is 0 Å². The van der Waals surface area contributed by atoms with Crippen molar-refractivity contribution in [1.82, 2.24) is 5.32 Å². The molecule has 1 aliphatic heterocycles. The van der Waals surface area contributed by atoms with Gasteiger partial charge in [0.15, 0.2) is 5.75 Å². The largest absolute Gasteiger partial charge is 0.505 e. The molecule has 1 saturated carbocycles. The lowest BCUT2D eigenvalue weighted by atomic mass is 9.88. The number of phenols is 1. The van der Waals surface area contributed by atoms with Crippen molar-refractivity contribution in [3.05, 3.63) is 22.2 Å². The maximum absolute atomic E-state index is 9.65. The second kappa shape index (κ2) is 6.64. The van der Waals surface area contributed by atoms with E-state index < -0.39 is 0 Å². The summed E-state index contributed by atoms with van der Waals surface area (Å²) in [6.45, 7) is 1.14. The number of halogens is 2. The maximum Gasteiger partial charge on any atom is 0.152 e. The topological polar surface area (TPSA) is 44.3 Å². The quantitative estimate of drug-likeness (QED) is 0.719. The molecule has 1 heterocycles. The molecular formula is C16H22Cl2N2O. The van der Waals surface area contributed by atoms with Crippen LogP contribution < -0.4 is 10.6 Å². The molecule has 2 aliphatic rings. The third-order valence-corrected chi connectivity index (χ3v) is 5.38. The molecule has 1 aromatic rings. The van der Waals surface area contributed by atoms with E-state index in [1.165, 1.54) is 38.5 Å². The van der Waals surface area contributed by atoms with Gasteiger partial charge >= 0.3 is 0 Å². The van der Waals surface area contributed by atoms with Crippen molar-refractivity contribution >= 4 is 28.9 Å². The summed E-state index contributed by atoms with van der Waals surface area (Å²) in [5.74, 6) is 0.623. The molecule has 0 aromatic heterocycles. The highest BCUT2D eigenvalue weighted by Gasteiger charge is 2.34. The number of phenolic OH excluding ortho intramolecular Hbond substituents is 1. The van der Waals surface area contributed by atoms with Crippen LogP contribution in [0.5, 0.6) is 5.75 Å². The second-order valence-electron chi connectivity index (χ2n) is 6.19. The molecule has 3 nitrogen and oxygen atoms in total. The van der Waals surface area contributed by atoms with Gasteiger partial charge in [-0.15, -0.1) is 0 Å². The van der Waals surface area contributed by atoms with E-state index in [2.05, 4.69) is 10.6 Å². The monoisotopic (exact) mass is 328 g/mol. The van der Waals surface area contributed by atoms with Crippen LogP contribution in [0, 0.1) is 5.92 Å². The maximum atomic E-state index is 9.65. The Kier molecular flexibility index (Phi) is 4.82. The van der Waals surface area contributed by atoms with Gasteiger partial charge in [0.1, 0.15) is 0 Å². The van der Waals surface area contributed by atoms with Crippen molar-refractivity contribution in [3.63, 3.8) is 0 Å². The van der Waals surface area contributed by atoms with Crippen LogP contribution in [-0.4, -0.2) is 23.7 Å².